The lowest BCUT2D eigenvalue weighted by atomic mass is 9.87. The lowest BCUT2D eigenvalue weighted by Gasteiger charge is -2.37. The normalized spacial score (nSPS) is 18.9. The highest BCUT2D eigenvalue weighted by atomic mass is 32.2. The molecule has 1 atom stereocenters. The zero-order valence-corrected chi connectivity index (χ0v) is 17.6. The number of sulfonamides is 1. The summed E-state index contributed by atoms with van der Waals surface area (Å²) < 4.78 is 37.0. The number of rotatable bonds is 5. The van der Waals surface area contributed by atoms with Crippen LogP contribution in [0.25, 0.3) is 0 Å². The minimum absolute atomic E-state index is 0.302. The number of pyridine rings is 1. The zero-order valence-electron chi connectivity index (χ0n) is 16.8. The van der Waals surface area contributed by atoms with Crippen LogP contribution < -0.4 is 14.2 Å². The molecule has 1 aromatic carbocycles. The van der Waals surface area contributed by atoms with Crippen LogP contribution in [0.4, 0.5) is 5.69 Å². The molecule has 0 amide bonds. The number of nitrogens with one attached hydrogen (secondary N) is 1. The number of hydrogen-bond acceptors (Lipinski definition) is 6. The van der Waals surface area contributed by atoms with Crippen molar-refractivity contribution >= 4 is 15.7 Å². The van der Waals surface area contributed by atoms with Gasteiger partial charge in [-0.15, -0.1) is 0 Å². The van der Waals surface area contributed by atoms with Crippen molar-refractivity contribution in [3.63, 3.8) is 0 Å². The van der Waals surface area contributed by atoms with E-state index in [2.05, 4.69) is 9.71 Å². The van der Waals surface area contributed by atoms with E-state index in [1.165, 1.54) is 6.20 Å². The molecule has 0 aliphatic carbocycles. The van der Waals surface area contributed by atoms with Gasteiger partial charge >= 0.3 is 0 Å². The van der Waals surface area contributed by atoms with Crippen molar-refractivity contribution in [1.29, 1.82) is 0 Å². The van der Waals surface area contributed by atoms with Gasteiger partial charge in [-0.25, -0.2) is 13.4 Å². The first-order valence-electron chi connectivity index (χ1n) is 9.06. The third-order valence-electron chi connectivity index (χ3n) is 5.16. The number of ether oxygens (including phenoxy) is 2. The molecule has 1 aliphatic heterocycles. The Labute approximate surface area is 165 Å². The van der Waals surface area contributed by atoms with E-state index in [1.807, 2.05) is 27.7 Å². The fourth-order valence-electron chi connectivity index (χ4n) is 3.36. The maximum absolute atomic E-state index is 11.3. The lowest BCUT2D eigenvalue weighted by Crippen LogP contribution is -2.42. The Kier molecular flexibility index (Phi) is 5.18. The molecule has 1 aromatic heterocycles. The van der Waals surface area contributed by atoms with Crippen molar-refractivity contribution in [2.24, 2.45) is 0 Å². The summed E-state index contributed by atoms with van der Waals surface area (Å²) in [7, 11) is -3.34. The summed E-state index contributed by atoms with van der Waals surface area (Å²) in [4.78, 5) is 4.14. The van der Waals surface area contributed by atoms with E-state index in [9.17, 15) is 13.5 Å². The highest BCUT2D eigenvalue weighted by molar-refractivity contribution is 7.92. The number of nitrogens with zero attached hydrogens (tertiary/aromatic N) is 1. The molecular weight excluding hydrogens is 380 g/mol. The number of benzene rings is 1. The Bertz CT molecular complexity index is 1000. The second-order valence-electron chi connectivity index (χ2n) is 7.63. The molecule has 2 N–H and O–H groups in total. The van der Waals surface area contributed by atoms with E-state index in [-0.39, 0.29) is 0 Å². The first kappa shape index (κ1) is 20.3. The molecule has 0 bridgehead atoms. The third kappa shape index (κ3) is 4.16. The highest BCUT2D eigenvalue weighted by Crippen LogP contribution is 2.43. The topological polar surface area (TPSA) is 97.8 Å². The molecule has 152 valence electrons. The molecule has 8 heteroatoms. The van der Waals surface area contributed by atoms with Crippen LogP contribution >= 0.6 is 0 Å². The van der Waals surface area contributed by atoms with Crippen molar-refractivity contribution < 1.29 is 23.0 Å². The van der Waals surface area contributed by atoms with Crippen LogP contribution in [0.15, 0.2) is 18.3 Å². The lowest BCUT2D eigenvalue weighted by molar-refractivity contribution is 0.0152. The molecule has 1 aliphatic rings. The molecule has 2 heterocycles. The van der Waals surface area contributed by atoms with Crippen molar-refractivity contribution in [2.45, 2.75) is 46.1 Å². The molecule has 2 aromatic rings. The SMILES string of the molecule is Cc1c(C)c2c(c(C)c1O)CCC(C)(COc1ccc(NS(C)(=O)=O)cn1)O2. The number of phenolic OH excluding ortho intramolecular Hbond substituents is 1. The number of aromatic nitrogens is 1. The molecular formula is C20H26N2O5S. The first-order valence-corrected chi connectivity index (χ1v) is 11.0. The quantitative estimate of drug-likeness (QED) is 0.791. The average molecular weight is 407 g/mol. The molecule has 28 heavy (non-hydrogen) atoms. The number of aromatic hydroxyl groups is 1. The van der Waals surface area contributed by atoms with Crippen LogP contribution in [0.3, 0.4) is 0 Å². The molecule has 0 saturated carbocycles. The van der Waals surface area contributed by atoms with Crippen LogP contribution in [-0.2, 0) is 16.4 Å². The summed E-state index contributed by atoms with van der Waals surface area (Å²) >= 11 is 0. The molecule has 0 radical (unpaired) electrons. The summed E-state index contributed by atoms with van der Waals surface area (Å²) in [5.74, 6) is 1.56. The van der Waals surface area contributed by atoms with E-state index in [0.717, 1.165) is 47.1 Å². The van der Waals surface area contributed by atoms with Gasteiger partial charge in [-0.1, -0.05) is 0 Å². The Morgan fingerprint density at radius 2 is 1.96 bits per heavy atom. The van der Waals surface area contributed by atoms with Gasteiger partial charge in [0.1, 0.15) is 23.7 Å². The molecule has 1 unspecified atom stereocenters. The van der Waals surface area contributed by atoms with Gasteiger partial charge in [0.05, 0.1) is 18.1 Å². The van der Waals surface area contributed by atoms with E-state index in [1.54, 1.807) is 12.1 Å². The maximum atomic E-state index is 11.3. The highest BCUT2D eigenvalue weighted by Gasteiger charge is 2.35. The number of phenols is 1. The summed E-state index contributed by atoms with van der Waals surface area (Å²) in [5, 5.41) is 10.3. The maximum Gasteiger partial charge on any atom is 0.229 e. The van der Waals surface area contributed by atoms with Crippen molar-refractivity contribution in [3.8, 4) is 17.4 Å². The van der Waals surface area contributed by atoms with Gasteiger partial charge in [0.2, 0.25) is 15.9 Å². The predicted molar refractivity (Wildman–Crippen MR) is 108 cm³/mol. The van der Waals surface area contributed by atoms with Crippen molar-refractivity contribution in [3.05, 3.63) is 40.6 Å². The largest absolute Gasteiger partial charge is 0.507 e. The average Bonchev–Trinajstić information content (AvgIpc) is 2.63. The van der Waals surface area contributed by atoms with E-state index in [4.69, 9.17) is 9.47 Å². The van der Waals surface area contributed by atoms with Crippen LogP contribution in [0.1, 0.15) is 35.6 Å². The fourth-order valence-corrected chi connectivity index (χ4v) is 3.91. The molecule has 7 nitrogen and oxygen atoms in total. The number of hydrogen-bond donors (Lipinski definition) is 2. The van der Waals surface area contributed by atoms with Gasteiger partial charge in [0.15, 0.2) is 0 Å². The van der Waals surface area contributed by atoms with Crippen LogP contribution in [-0.4, -0.2) is 37.0 Å². The Balaban J connectivity index is 1.73. The minimum atomic E-state index is -3.34. The van der Waals surface area contributed by atoms with Crippen LogP contribution in [0.2, 0.25) is 0 Å². The van der Waals surface area contributed by atoms with Gasteiger partial charge in [0.25, 0.3) is 0 Å². The second kappa shape index (κ2) is 7.16. The summed E-state index contributed by atoms with van der Waals surface area (Å²) in [6.07, 6.45) is 4.04. The van der Waals surface area contributed by atoms with Gasteiger partial charge in [-0.3, -0.25) is 4.72 Å². The number of anilines is 1. The molecule has 0 fully saturated rings. The Morgan fingerprint density at radius 3 is 2.57 bits per heavy atom. The summed E-state index contributed by atoms with van der Waals surface area (Å²) in [5.41, 5.74) is 3.55. The second-order valence-corrected chi connectivity index (χ2v) is 9.38. The predicted octanol–water partition coefficient (Wildman–Crippen LogP) is 3.25. The summed E-state index contributed by atoms with van der Waals surface area (Å²) in [6, 6.07) is 3.22. The molecule has 3 rings (SSSR count). The third-order valence-corrected chi connectivity index (χ3v) is 5.76. The van der Waals surface area contributed by atoms with Gasteiger partial charge in [0, 0.05) is 11.6 Å². The van der Waals surface area contributed by atoms with Gasteiger partial charge in [-0.2, -0.15) is 0 Å². The van der Waals surface area contributed by atoms with E-state index < -0.39 is 15.6 Å². The summed E-state index contributed by atoms with van der Waals surface area (Å²) in [6.45, 7) is 8.05. The monoisotopic (exact) mass is 406 g/mol. The van der Waals surface area contributed by atoms with E-state index in [0.29, 0.717) is 23.9 Å². The standard InChI is InChI=1S/C20H26N2O5S/c1-12-13(2)19-16(14(3)18(12)23)8-9-20(4,27-19)11-26-17-7-6-15(10-21-17)22-28(5,24)25/h6-7,10,22-23H,8-9,11H2,1-5H3. The van der Waals surface area contributed by atoms with E-state index >= 15 is 0 Å². The fraction of sp³-hybridized carbons (Fsp3) is 0.450. The van der Waals surface area contributed by atoms with Gasteiger partial charge < -0.3 is 14.6 Å². The first-order chi connectivity index (χ1) is 13.0. The number of fused-ring (bicyclic) bond motifs is 1. The zero-order chi connectivity index (χ0) is 20.7. The van der Waals surface area contributed by atoms with Crippen LogP contribution in [0, 0.1) is 20.8 Å². The van der Waals surface area contributed by atoms with Crippen LogP contribution in [0.5, 0.6) is 17.4 Å². The smallest absolute Gasteiger partial charge is 0.229 e. The molecule has 0 saturated heterocycles. The minimum Gasteiger partial charge on any atom is -0.507 e. The molecule has 0 spiro atoms. The Hall–Kier alpha value is -2.48. The van der Waals surface area contributed by atoms with Gasteiger partial charge in [-0.05, 0) is 63.3 Å². The van der Waals surface area contributed by atoms with Crippen molar-refractivity contribution in [2.75, 3.05) is 17.6 Å². The van der Waals surface area contributed by atoms with Crippen molar-refractivity contribution in [1.82, 2.24) is 4.98 Å². The Morgan fingerprint density at radius 1 is 1.25 bits per heavy atom.